The Hall–Kier alpha value is -5.50. The van der Waals surface area contributed by atoms with E-state index in [2.05, 4.69) is 55.7 Å². The van der Waals surface area contributed by atoms with Gasteiger partial charge in [-0.15, -0.1) is 0 Å². The lowest BCUT2D eigenvalue weighted by molar-refractivity contribution is -0.120. The third-order valence-electron chi connectivity index (χ3n) is 14.1. The van der Waals surface area contributed by atoms with Crippen LogP contribution in [0.3, 0.4) is 0 Å². The molecule has 7 heterocycles. The van der Waals surface area contributed by atoms with Gasteiger partial charge in [0, 0.05) is 65.9 Å². The number of rotatable bonds is 8. The molecule has 4 atom stereocenters. The van der Waals surface area contributed by atoms with Crippen molar-refractivity contribution in [3.63, 3.8) is 0 Å². The van der Waals surface area contributed by atoms with Crippen molar-refractivity contribution < 1.29 is 27.8 Å². The molecule has 1 aromatic heterocycles. The number of ether oxygens (including phenoxy) is 2. The van der Waals surface area contributed by atoms with Crippen LogP contribution in [0.1, 0.15) is 90.5 Å². The fourth-order valence-corrected chi connectivity index (χ4v) is 10.9. The van der Waals surface area contributed by atoms with Crippen molar-refractivity contribution >= 4 is 39.9 Å². The number of nitrogens with zero attached hydrogens (tertiary/aromatic N) is 5. The van der Waals surface area contributed by atoms with Crippen molar-refractivity contribution in [3.8, 4) is 11.5 Å². The van der Waals surface area contributed by atoms with Crippen LogP contribution in [-0.2, 0) is 17.8 Å². The Bertz CT molecular complexity index is 2390. The van der Waals surface area contributed by atoms with Gasteiger partial charge in [-0.3, -0.25) is 25.0 Å². The Labute approximate surface area is 348 Å². The first-order valence-corrected chi connectivity index (χ1v) is 21.5. The molecule has 2 fully saturated rings. The second-order valence-corrected chi connectivity index (χ2v) is 17.5. The number of amidine groups is 1. The molecule has 6 aliphatic rings. The molecule has 14 heteroatoms. The number of hydrogen-bond donors (Lipinski definition) is 3. The van der Waals surface area contributed by atoms with Gasteiger partial charge in [0.1, 0.15) is 23.9 Å². The molecule has 3 aromatic carbocycles. The van der Waals surface area contributed by atoms with Crippen molar-refractivity contribution in [3.05, 3.63) is 88.1 Å². The number of nitrogens with one attached hydrogen (secondary N) is 3. The summed E-state index contributed by atoms with van der Waals surface area (Å²) in [5.41, 5.74) is 9.17. The molecule has 6 aliphatic heterocycles. The lowest BCUT2D eigenvalue weighted by Gasteiger charge is -2.43. The highest BCUT2D eigenvalue weighted by Gasteiger charge is 2.42. The Morgan fingerprint density at radius 1 is 1.00 bits per heavy atom. The van der Waals surface area contributed by atoms with E-state index < -0.39 is 12.5 Å². The molecular weight excluding hydrogens is 767 g/mol. The van der Waals surface area contributed by atoms with Crippen LogP contribution in [-0.4, -0.2) is 102 Å². The molecule has 0 radical (unpaired) electrons. The minimum atomic E-state index is -2.46. The summed E-state index contributed by atoms with van der Waals surface area (Å²) < 4.78 is 40.6. The van der Waals surface area contributed by atoms with E-state index in [4.69, 9.17) is 14.9 Å². The number of carbonyl (C=O) groups excluding carboxylic acids is 2. The van der Waals surface area contributed by atoms with E-state index in [1.54, 1.807) is 12.0 Å². The van der Waals surface area contributed by atoms with Gasteiger partial charge >= 0.3 is 0 Å². The molecule has 0 unspecified atom stereocenters. The number of aromatic nitrogens is 2. The van der Waals surface area contributed by atoms with Gasteiger partial charge in [-0.2, -0.15) is 5.10 Å². The Balaban J connectivity index is 0.795. The quantitative estimate of drug-likeness (QED) is 0.163. The lowest BCUT2D eigenvalue weighted by Crippen LogP contribution is -2.52. The first-order chi connectivity index (χ1) is 29.1. The van der Waals surface area contributed by atoms with Crippen molar-refractivity contribution in [2.45, 2.75) is 95.4 Å². The highest BCUT2D eigenvalue weighted by molar-refractivity contribution is 6.07. The van der Waals surface area contributed by atoms with E-state index in [1.165, 1.54) is 5.57 Å². The van der Waals surface area contributed by atoms with E-state index in [-0.39, 0.29) is 42.3 Å². The number of aromatic amines is 1. The minimum Gasteiger partial charge on any atom is -0.496 e. The molecule has 10 rings (SSSR count). The van der Waals surface area contributed by atoms with Gasteiger partial charge in [0.15, 0.2) is 0 Å². The summed E-state index contributed by atoms with van der Waals surface area (Å²) in [4.78, 5) is 33.9. The molecule has 12 nitrogen and oxygen atoms in total. The number of halogens is 2. The average molecular weight is 819 g/mol. The fraction of sp³-hybridized carbons (Fsp3) is 0.478. The smallest absolute Gasteiger partial charge is 0.255 e. The summed E-state index contributed by atoms with van der Waals surface area (Å²) in [6.07, 6.45) is 8.37. The third kappa shape index (κ3) is 6.76. The van der Waals surface area contributed by atoms with Crippen LogP contribution in [0.2, 0.25) is 0 Å². The maximum atomic E-state index is 14.1. The van der Waals surface area contributed by atoms with E-state index in [9.17, 15) is 18.4 Å². The van der Waals surface area contributed by atoms with Gasteiger partial charge in [-0.25, -0.2) is 8.78 Å². The average Bonchev–Trinajstić information content (AvgIpc) is 3.80. The zero-order chi connectivity index (χ0) is 41.2. The van der Waals surface area contributed by atoms with Gasteiger partial charge in [0.25, 0.3) is 12.3 Å². The normalized spacial score (nSPS) is 24.7. The lowest BCUT2D eigenvalue weighted by atomic mass is 9.83. The van der Waals surface area contributed by atoms with Crippen LogP contribution >= 0.6 is 0 Å². The number of amides is 2. The van der Waals surface area contributed by atoms with Crippen LogP contribution in [0.4, 0.5) is 20.2 Å². The molecule has 314 valence electrons. The summed E-state index contributed by atoms with van der Waals surface area (Å²) in [6, 6.07) is 13.7. The molecule has 60 heavy (non-hydrogen) atoms. The van der Waals surface area contributed by atoms with Crippen molar-refractivity contribution in [2.24, 2.45) is 5.92 Å². The van der Waals surface area contributed by atoms with E-state index in [0.717, 1.165) is 102 Å². The van der Waals surface area contributed by atoms with Crippen molar-refractivity contribution in [2.75, 3.05) is 49.7 Å². The number of anilines is 2. The third-order valence-corrected chi connectivity index (χ3v) is 14.1. The fourth-order valence-electron chi connectivity index (χ4n) is 10.9. The second kappa shape index (κ2) is 15.5. The van der Waals surface area contributed by atoms with Gasteiger partial charge in [0.2, 0.25) is 5.91 Å². The number of fused-ring (bicyclic) bond motifs is 8. The standard InChI is InChI=1S/C46H52F2N8O4/c1-26-19-34-31(7-9-37-35(34)22-50-52-37)43(55(26)24-41(47)48)33-6-5-29(21-40(33)59-2)53-16-13-28(14-17-53)20-27-3-4-30-25-60-44-36-23-56(39-11-12-42(57)51-45(39)49)46(58)32(36)8-10-38(44)54(30)18-15-27/h3,5-10,21-22,26,28,30,39,41,43H,4,11-20,23-25H2,1-2H3,(H,50,52)(H2,49,51,57)/t26-,30-,39+,43+/m1/s1. The molecule has 3 N–H and O–H groups in total. The summed E-state index contributed by atoms with van der Waals surface area (Å²) in [5, 5.41) is 19.3. The van der Waals surface area contributed by atoms with Gasteiger partial charge in [-0.05, 0) is 93.2 Å². The molecule has 2 saturated heterocycles. The number of hydrogen-bond acceptors (Lipinski definition) is 9. The van der Waals surface area contributed by atoms with Gasteiger partial charge < -0.3 is 29.5 Å². The molecular formula is C46H52F2N8O4. The summed E-state index contributed by atoms with van der Waals surface area (Å²) in [5.74, 6) is 1.88. The number of methoxy groups -OCH3 is 1. The maximum Gasteiger partial charge on any atom is 0.255 e. The molecule has 0 aliphatic carbocycles. The van der Waals surface area contributed by atoms with Crippen LogP contribution in [0.15, 0.2) is 60.3 Å². The topological polar surface area (TPSA) is 130 Å². The Morgan fingerprint density at radius 3 is 2.63 bits per heavy atom. The summed E-state index contributed by atoms with van der Waals surface area (Å²) in [6.45, 7) is 5.41. The Kier molecular flexibility index (Phi) is 10.0. The number of carbonyl (C=O) groups is 2. The number of H-pyrrole nitrogens is 1. The molecule has 4 aromatic rings. The minimum absolute atomic E-state index is 0.0874. The number of benzene rings is 3. The highest BCUT2D eigenvalue weighted by atomic mass is 19.3. The van der Waals surface area contributed by atoms with Crippen molar-refractivity contribution in [1.82, 2.24) is 25.3 Å². The SMILES string of the molecule is COc1cc(N2CCC(CC3=CC[C@@H]4COc5c(ccc6c5CN([C@H]5CCC(=O)NC5=N)C6=O)N4CC3)CC2)ccc1[C@@H]1c2ccc3[nH]ncc3c2C[C@@H](C)N1CC(F)F. The molecule has 0 spiro atoms. The first-order valence-electron chi connectivity index (χ1n) is 21.5. The van der Waals surface area contributed by atoms with Crippen LogP contribution in [0.5, 0.6) is 11.5 Å². The maximum absolute atomic E-state index is 14.1. The largest absolute Gasteiger partial charge is 0.496 e. The number of alkyl halides is 2. The highest BCUT2D eigenvalue weighted by Crippen LogP contribution is 2.47. The summed E-state index contributed by atoms with van der Waals surface area (Å²) in [7, 11) is 1.67. The zero-order valence-corrected chi connectivity index (χ0v) is 34.2. The Morgan fingerprint density at radius 2 is 1.83 bits per heavy atom. The first kappa shape index (κ1) is 38.7. The van der Waals surface area contributed by atoms with E-state index in [1.807, 2.05) is 36.2 Å². The van der Waals surface area contributed by atoms with Crippen molar-refractivity contribution in [1.29, 1.82) is 5.41 Å². The van der Waals surface area contributed by atoms with Crippen LogP contribution in [0, 0.1) is 11.3 Å². The predicted molar refractivity (Wildman–Crippen MR) is 226 cm³/mol. The monoisotopic (exact) mass is 818 g/mol. The van der Waals surface area contributed by atoms with Crippen LogP contribution < -0.4 is 24.6 Å². The van der Waals surface area contributed by atoms with Gasteiger partial charge in [-0.1, -0.05) is 23.8 Å². The van der Waals surface area contributed by atoms with E-state index in [0.29, 0.717) is 49.6 Å². The van der Waals surface area contributed by atoms with E-state index >= 15 is 0 Å². The predicted octanol–water partition coefficient (Wildman–Crippen LogP) is 6.98. The number of piperidine rings is 2. The second-order valence-electron chi connectivity index (χ2n) is 17.5. The van der Waals surface area contributed by atoms with Crippen LogP contribution in [0.25, 0.3) is 10.9 Å². The summed E-state index contributed by atoms with van der Waals surface area (Å²) >= 11 is 0. The molecule has 0 bridgehead atoms. The molecule has 2 amide bonds. The zero-order valence-electron chi connectivity index (χ0n) is 34.2. The van der Waals surface area contributed by atoms with Gasteiger partial charge in [0.05, 0.1) is 55.7 Å². The molecule has 0 saturated carbocycles.